The third kappa shape index (κ3) is 2.92. The second kappa shape index (κ2) is 4.49. The summed E-state index contributed by atoms with van der Waals surface area (Å²) >= 11 is 0. The second-order valence-corrected chi connectivity index (χ2v) is 4.91. The SMILES string of the molecule is CC1(NC(=O)CC2CCCN2)CCOC1. The molecule has 2 unspecified atom stereocenters. The van der Waals surface area contributed by atoms with Crippen LogP contribution in [0.4, 0.5) is 0 Å². The first-order valence-electron chi connectivity index (χ1n) is 5.80. The van der Waals surface area contributed by atoms with Crippen molar-refractivity contribution in [3.8, 4) is 0 Å². The molecule has 2 aliphatic rings. The Morgan fingerprint density at radius 3 is 3.13 bits per heavy atom. The van der Waals surface area contributed by atoms with Gasteiger partial charge < -0.3 is 15.4 Å². The molecule has 2 heterocycles. The van der Waals surface area contributed by atoms with Gasteiger partial charge in [-0.1, -0.05) is 0 Å². The Balaban J connectivity index is 1.76. The lowest BCUT2D eigenvalue weighted by molar-refractivity contribution is -0.123. The lowest BCUT2D eigenvalue weighted by Gasteiger charge is -2.24. The van der Waals surface area contributed by atoms with Crippen LogP contribution in [0.5, 0.6) is 0 Å². The fraction of sp³-hybridized carbons (Fsp3) is 0.909. The number of ether oxygens (including phenoxy) is 1. The fourth-order valence-electron chi connectivity index (χ4n) is 2.31. The molecule has 0 aliphatic carbocycles. The molecule has 86 valence electrons. The number of carbonyl (C=O) groups is 1. The normalized spacial score (nSPS) is 35.7. The highest BCUT2D eigenvalue weighted by molar-refractivity contribution is 5.77. The molecule has 2 rings (SSSR count). The molecule has 0 aromatic rings. The Kier molecular flexibility index (Phi) is 3.26. The number of carbonyl (C=O) groups excluding carboxylic acids is 1. The molecule has 0 aromatic heterocycles. The molecule has 4 nitrogen and oxygen atoms in total. The van der Waals surface area contributed by atoms with Crippen LogP contribution < -0.4 is 10.6 Å². The second-order valence-electron chi connectivity index (χ2n) is 4.91. The third-order valence-electron chi connectivity index (χ3n) is 3.25. The third-order valence-corrected chi connectivity index (χ3v) is 3.25. The van der Waals surface area contributed by atoms with Crippen LogP contribution in [0.25, 0.3) is 0 Å². The van der Waals surface area contributed by atoms with Crippen molar-refractivity contribution >= 4 is 5.91 Å². The molecule has 4 heteroatoms. The van der Waals surface area contributed by atoms with Gasteiger partial charge in [-0.15, -0.1) is 0 Å². The van der Waals surface area contributed by atoms with Crippen LogP contribution in [0.1, 0.15) is 32.6 Å². The van der Waals surface area contributed by atoms with E-state index < -0.39 is 0 Å². The van der Waals surface area contributed by atoms with E-state index in [0.717, 1.165) is 26.0 Å². The van der Waals surface area contributed by atoms with Gasteiger partial charge in [0.1, 0.15) is 0 Å². The molecule has 0 spiro atoms. The van der Waals surface area contributed by atoms with Crippen LogP contribution in [0, 0.1) is 0 Å². The summed E-state index contributed by atoms with van der Waals surface area (Å²) in [6.45, 7) is 4.52. The lowest BCUT2D eigenvalue weighted by atomic mass is 10.0. The van der Waals surface area contributed by atoms with E-state index in [-0.39, 0.29) is 11.4 Å². The predicted octanol–water partition coefficient (Wildman–Crippen LogP) is 0.424. The van der Waals surface area contributed by atoms with E-state index in [1.54, 1.807) is 0 Å². The predicted molar refractivity (Wildman–Crippen MR) is 57.6 cm³/mol. The molecule has 2 saturated heterocycles. The number of amides is 1. The van der Waals surface area contributed by atoms with Gasteiger partial charge in [0, 0.05) is 19.1 Å². The van der Waals surface area contributed by atoms with Crippen LogP contribution in [-0.4, -0.2) is 37.2 Å². The van der Waals surface area contributed by atoms with Crippen LogP contribution in [0.3, 0.4) is 0 Å². The minimum Gasteiger partial charge on any atom is -0.379 e. The van der Waals surface area contributed by atoms with Crippen molar-refractivity contribution in [2.24, 2.45) is 0 Å². The standard InChI is InChI=1S/C11H20N2O2/c1-11(4-6-15-8-11)13-10(14)7-9-3-2-5-12-9/h9,12H,2-8H2,1H3,(H,13,14). The first kappa shape index (κ1) is 10.9. The maximum absolute atomic E-state index is 11.8. The lowest BCUT2D eigenvalue weighted by Crippen LogP contribution is -2.47. The van der Waals surface area contributed by atoms with Crippen molar-refractivity contribution in [3.05, 3.63) is 0 Å². The smallest absolute Gasteiger partial charge is 0.222 e. The summed E-state index contributed by atoms with van der Waals surface area (Å²) in [6, 6.07) is 0.385. The molecular formula is C11H20N2O2. The highest BCUT2D eigenvalue weighted by atomic mass is 16.5. The molecule has 0 bridgehead atoms. The Bertz CT molecular complexity index is 231. The van der Waals surface area contributed by atoms with Gasteiger partial charge in [-0.25, -0.2) is 0 Å². The maximum atomic E-state index is 11.8. The maximum Gasteiger partial charge on any atom is 0.222 e. The average Bonchev–Trinajstić information content (AvgIpc) is 2.76. The highest BCUT2D eigenvalue weighted by Crippen LogP contribution is 2.18. The summed E-state index contributed by atoms with van der Waals surface area (Å²) in [6.07, 6.45) is 3.85. The number of rotatable bonds is 3. The first-order chi connectivity index (χ1) is 7.18. The van der Waals surface area contributed by atoms with Crippen molar-refractivity contribution < 1.29 is 9.53 Å². The summed E-state index contributed by atoms with van der Waals surface area (Å²) < 4.78 is 5.30. The van der Waals surface area contributed by atoms with Gasteiger partial charge in [0.15, 0.2) is 0 Å². The van der Waals surface area contributed by atoms with Gasteiger partial charge in [0.2, 0.25) is 5.91 Å². The minimum absolute atomic E-state index is 0.129. The Morgan fingerprint density at radius 2 is 2.53 bits per heavy atom. The monoisotopic (exact) mass is 212 g/mol. The van der Waals surface area contributed by atoms with E-state index in [9.17, 15) is 4.79 Å². The minimum atomic E-state index is -0.129. The number of nitrogens with one attached hydrogen (secondary N) is 2. The van der Waals surface area contributed by atoms with Crippen molar-refractivity contribution in [3.63, 3.8) is 0 Å². The molecule has 2 aliphatic heterocycles. The van der Waals surface area contributed by atoms with E-state index in [2.05, 4.69) is 17.6 Å². The zero-order chi connectivity index (χ0) is 10.7. The van der Waals surface area contributed by atoms with Crippen LogP contribution in [0.2, 0.25) is 0 Å². The van der Waals surface area contributed by atoms with Gasteiger partial charge in [-0.2, -0.15) is 0 Å². The summed E-state index contributed by atoms with van der Waals surface area (Å²) in [5.74, 6) is 0.155. The molecule has 2 N–H and O–H groups in total. The Morgan fingerprint density at radius 1 is 1.67 bits per heavy atom. The first-order valence-corrected chi connectivity index (χ1v) is 5.80. The summed E-state index contributed by atoms with van der Waals surface area (Å²) in [5.41, 5.74) is -0.129. The van der Waals surface area contributed by atoms with Crippen LogP contribution in [0.15, 0.2) is 0 Å². The summed E-state index contributed by atoms with van der Waals surface area (Å²) in [4.78, 5) is 11.8. The molecular weight excluding hydrogens is 192 g/mol. The van der Waals surface area contributed by atoms with Crippen molar-refractivity contribution in [1.82, 2.24) is 10.6 Å². The van der Waals surface area contributed by atoms with Gasteiger partial charge in [0.25, 0.3) is 0 Å². The molecule has 1 amide bonds. The molecule has 0 aromatic carbocycles. The van der Waals surface area contributed by atoms with Gasteiger partial charge in [-0.3, -0.25) is 4.79 Å². The van der Waals surface area contributed by atoms with Gasteiger partial charge in [-0.05, 0) is 32.7 Å². The largest absolute Gasteiger partial charge is 0.379 e. The van der Waals surface area contributed by atoms with E-state index in [1.165, 1.54) is 6.42 Å². The van der Waals surface area contributed by atoms with Crippen LogP contribution in [-0.2, 0) is 9.53 Å². The zero-order valence-electron chi connectivity index (χ0n) is 9.34. The Labute approximate surface area is 90.8 Å². The van der Waals surface area contributed by atoms with Crippen LogP contribution >= 0.6 is 0 Å². The molecule has 0 radical (unpaired) electrons. The number of hydrogen-bond acceptors (Lipinski definition) is 3. The molecule has 0 saturated carbocycles. The fourth-order valence-corrected chi connectivity index (χ4v) is 2.31. The van der Waals surface area contributed by atoms with E-state index in [4.69, 9.17) is 4.74 Å². The van der Waals surface area contributed by atoms with Gasteiger partial charge >= 0.3 is 0 Å². The summed E-state index contributed by atoms with van der Waals surface area (Å²) in [5, 5.41) is 6.41. The number of hydrogen-bond donors (Lipinski definition) is 2. The molecule has 15 heavy (non-hydrogen) atoms. The van der Waals surface area contributed by atoms with Crippen molar-refractivity contribution in [2.75, 3.05) is 19.8 Å². The van der Waals surface area contributed by atoms with Gasteiger partial charge in [0.05, 0.1) is 12.1 Å². The topological polar surface area (TPSA) is 50.4 Å². The molecule has 2 fully saturated rings. The average molecular weight is 212 g/mol. The molecule has 2 atom stereocenters. The highest BCUT2D eigenvalue weighted by Gasteiger charge is 2.31. The van der Waals surface area contributed by atoms with Crippen molar-refractivity contribution in [1.29, 1.82) is 0 Å². The quantitative estimate of drug-likeness (QED) is 0.713. The summed E-state index contributed by atoms with van der Waals surface area (Å²) in [7, 11) is 0. The van der Waals surface area contributed by atoms with Crippen molar-refractivity contribution in [2.45, 2.75) is 44.2 Å². The van der Waals surface area contributed by atoms with E-state index in [0.29, 0.717) is 19.1 Å². The zero-order valence-corrected chi connectivity index (χ0v) is 9.34. The Hall–Kier alpha value is -0.610. The van der Waals surface area contributed by atoms with E-state index in [1.807, 2.05) is 0 Å². The van der Waals surface area contributed by atoms with E-state index >= 15 is 0 Å².